The predicted octanol–water partition coefficient (Wildman–Crippen LogP) is 3.89. The van der Waals surface area contributed by atoms with Crippen molar-refractivity contribution in [1.29, 1.82) is 0 Å². The first-order chi connectivity index (χ1) is 10.7. The number of ether oxygens (including phenoxy) is 1. The van der Waals surface area contributed by atoms with Crippen molar-refractivity contribution in [2.75, 3.05) is 0 Å². The molecule has 1 aromatic heterocycles. The molecule has 3 rings (SSSR count). The molecule has 1 saturated carbocycles. The molecule has 0 unspecified atom stereocenters. The van der Waals surface area contributed by atoms with Gasteiger partial charge in [-0.1, -0.05) is 23.7 Å². The van der Waals surface area contributed by atoms with Crippen LogP contribution in [0.2, 0.25) is 5.02 Å². The highest BCUT2D eigenvalue weighted by molar-refractivity contribution is 6.30. The Bertz CT molecular complexity index is 667. The molecule has 0 radical (unpaired) electrons. The fourth-order valence-corrected chi connectivity index (χ4v) is 2.99. The summed E-state index contributed by atoms with van der Waals surface area (Å²) in [5, 5.41) is 4.90. The van der Waals surface area contributed by atoms with Crippen LogP contribution < -0.4 is 0 Å². The van der Waals surface area contributed by atoms with Gasteiger partial charge in [0.15, 0.2) is 0 Å². The van der Waals surface area contributed by atoms with E-state index in [1.54, 1.807) is 24.4 Å². The third-order valence-electron chi connectivity index (χ3n) is 3.81. The molecule has 1 aliphatic carbocycles. The summed E-state index contributed by atoms with van der Waals surface area (Å²) in [7, 11) is 0. The molecule has 0 bridgehead atoms. The summed E-state index contributed by atoms with van der Waals surface area (Å²) in [6, 6.07) is 9.35. The van der Waals surface area contributed by atoms with Crippen LogP contribution in [0.1, 0.15) is 30.9 Å². The van der Waals surface area contributed by atoms with Crippen molar-refractivity contribution in [3.8, 4) is 0 Å². The lowest BCUT2D eigenvalue weighted by atomic mass is 10.2. The van der Waals surface area contributed by atoms with E-state index < -0.39 is 0 Å². The molecule has 2 atom stereocenters. The van der Waals surface area contributed by atoms with Crippen molar-refractivity contribution in [1.82, 2.24) is 9.78 Å². The highest BCUT2D eigenvalue weighted by Gasteiger charge is 2.31. The van der Waals surface area contributed by atoms with E-state index in [9.17, 15) is 4.79 Å². The number of esters is 1. The molecule has 0 N–H and O–H groups in total. The third-order valence-corrected chi connectivity index (χ3v) is 4.05. The number of aromatic nitrogens is 2. The summed E-state index contributed by atoms with van der Waals surface area (Å²) >= 11 is 5.91. The molecule has 4 nitrogen and oxygen atoms in total. The highest BCUT2D eigenvalue weighted by Crippen LogP contribution is 2.32. The maximum atomic E-state index is 12.0. The number of hydrogen-bond donors (Lipinski definition) is 0. The smallest absolute Gasteiger partial charge is 0.331 e. The third kappa shape index (κ3) is 3.57. The molecule has 1 aromatic carbocycles. The standard InChI is InChI=1S/C17H17ClN2O2/c18-14-5-1-4-13(12-14)8-9-17(21)22-16-7-2-6-15(16)20-11-3-10-19-20/h1,3-5,8-12,15-16H,2,6-7H2/b9-8+/t15-,16-/m1/s1. The molecule has 0 spiro atoms. The van der Waals surface area contributed by atoms with E-state index in [-0.39, 0.29) is 18.1 Å². The quantitative estimate of drug-likeness (QED) is 0.635. The fourth-order valence-electron chi connectivity index (χ4n) is 2.79. The van der Waals surface area contributed by atoms with Gasteiger partial charge in [0.05, 0.1) is 6.04 Å². The second-order valence-corrected chi connectivity index (χ2v) is 5.78. The first kappa shape index (κ1) is 14.9. The molecule has 1 heterocycles. The Morgan fingerprint density at radius 2 is 2.27 bits per heavy atom. The summed E-state index contributed by atoms with van der Waals surface area (Å²) in [5.41, 5.74) is 0.875. The fraction of sp³-hybridized carbons (Fsp3) is 0.294. The number of carbonyl (C=O) groups is 1. The Balaban J connectivity index is 1.61. The zero-order chi connectivity index (χ0) is 15.4. The zero-order valence-electron chi connectivity index (χ0n) is 12.1. The van der Waals surface area contributed by atoms with Gasteiger partial charge in [0.1, 0.15) is 6.10 Å². The van der Waals surface area contributed by atoms with Crippen molar-refractivity contribution in [2.45, 2.75) is 31.4 Å². The van der Waals surface area contributed by atoms with Crippen LogP contribution in [-0.4, -0.2) is 21.9 Å². The van der Waals surface area contributed by atoms with E-state index in [4.69, 9.17) is 16.3 Å². The molecule has 5 heteroatoms. The number of halogens is 1. The molecule has 0 amide bonds. The summed E-state index contributed by atoms with van der Waals surface area (Å²) < 4.78 is 7.46. The second-order valence-electron chi connectivity index (χ2n) is 5.35. The van der Waals surface area contributed by atoms with Gasteiger partial charge in [0.2, 0.25) is 0 Å². The topological polar surface area (TPSA) is 44.1 Å². The molecule has 22 heavy (non-hydrogen) atoms. The minimum atomic E-state index is -0.330. The van der Waals surface area contributed by atoms with Crippen LogP contribution >= 0.6 is 11.6 Å². The summed E-state index contributed by atoms with van der Waals surface area (Å²) in [5.74, 6) is -0.330. The number of benzene rings is 1. The predicted molar refractivity (Wildman–Crippen MR) is 85.5 cm³/mol. The van der Waals surface area contributed by atoms with Crippen LogP contribution in [0.4, 0.5) is 0 Å². The van der Waals surface area contributed by atoms with Crippen LogP contribution in [0.5, 0.6) is 0 Å². The van der Waals surface area contributed by atoms with Gasteiger partial charge < -0.3 is 4.74 Å². The second kappa shape index (κ2) is 6.79. The van der Waals surface area contributed by atoms with Gasteiger partial charge in [-0.2, -0.15) is 5.10 Å². The normalized spacial score (nSPS) is 21.3. The average molecular weight is 317 g/mol. The van der Waals surface area contributed by atoms with Gasteiger partial charge >= 0.3 is 5.97 Å². The van der Waals surface area contributed by atoms with E-state index in [0.29, 0.717) is 5.02 Å². The SMILES string of the molecule is O=C(/C=C/c1cccc(Cl)c1)O[C@@H]1CCC[C@H]1n1cccn1. The Kier molecular flexibility index (Phi) is 4.59. The largest absolute Gasteiger partial charge is 0.457 e. The van der Waals surface area contributed by atoms with Gasteiger partial charge in [0.25, 0.3) is 0 Å². The van der Waals surface area contributed by atoms with Crippen molar-refractivity contribution >= 4 is 23.6 Å². The Morgan fingerprint density at radius 3 is 3.05 bits per heavy atom. The molecule has 1 fully saturated rings. The lowest BCUT2D eigenvalue weighted by Crippen LogP contribution is -2.24. The minimum absolute atomic E-state index is 0.114. The average Bonchev–Trinajstić information content (AvgIpc) is 3.16. The molecular formula is C17H17ClN2O2. The molecule has 1 aliphatic rings. The molecule has 2 aromatic rings. The lowest BCUT2D eigenvalue weighted by Gasteiger charge is -2.19. The van der Waals surface area contributed by atoms with Crippen LogP contribution in [0.15, 0.2) is 48.8 Å². The van der Waals surface area contributed by atoms with Gasteiger partial charge in [-0.05, 0) is 49.1 Å². The number of hydrogen-bond acceptors (Lipinski definition) is 3. The summed E-state index contributed by atoms with van der Waals surface area (Å²) in [4.78, 5) is 12.0. The lowest BCUT2D eigenvalue weighted by molar-refractivity contribution is -0.144. The molecular weight excluding hydrogens is 300 g/mol. The van der Waals surface area contributed by atoms with Gasteiger partial charge in [0, 0.05) is 23.5 Å². The van der Waals surface area contributed by atoms with Crippen LogP contribution in [0.3, 0.4) is 0 Å². The highest BCUT2D eigenvalue weighted by atomic mass is 35.5. The van der Waals surface area contributed by atoms with E-state index in [2.05, 4.69) is 5.10 Å². The number of rotatable bonds is 4. The number of nitrogens with zero attached hydrogens (tertiary/aromatic N) is 2. The Hall–Kier alpha value is -2.07. The first-order valence-electron chi connectivity index (χ1n) is 7.36. The van der Waals surface area contributed by atoms with E-state index in [1.165, 1.54) is 6.08 Å². The minimum Gasteiger partial charge on any atom is -0.457 e. The van der Waals surface area contributed by atoms with Crippen LogP contribution in [0, 0.1) is 0 Å². The summed E-state index contributed by atoms with van der Waals surface area (Å²) in [6.45, 7) is 0. The molecule has 114 valence electrons. The van der Waals surface area contributed by atoms with Crippen LogP contribution in [-0.2, 0) is 9.53 Å². The van der Waals surface area contributed by atoms with E-state index >= 15 is 0 Å². The molecule has 0 aliphatic heterocycles. The van der Waals surface area contributed by atoms with Crippen LogP contribution in [0.25, 0.3) is 6.08 Å². The Labute approximate surface area is 134 Å². The maximum Gasteiger partial charge on any atom is 0.331 e. The number of carbonyl (C=O) groups excluding carboxylic acids is 1. The van der Waals surface area contributed by atoms with Gasteiger partial charge in [-0.3, -0.25) is 4.68 Å². The monoisotopic (exact) mass is 316 g/mol. The van der Waals surface area contributed by atoms with Crippen molar-refractivity contribution < 1.29 is 9.53 Å². The molecule has 0 saturated heterocycles. The van der Waals surface area contributed by atoms with E-state index in [0.717, 1.165) is 24.8 Å². The van der Waals surface area contributed by atoms with Gasteiger partial charge in [-0.25, -0.2) is 4.79 Å². The maximum absolute atomic E-state index is 12.0. The van der Waals surface area contributed by atoms with Crippen molar-refractivity contribution in [3.63, 3.8) is 0 Å². The van der Waals surface area contributed by atoms with E-state index in [1.807, 2.05) is 29.1 Å². The van der Waals surface area contributed by atoms with Crippen molar-refractivity contribution in [3.05, 3.63) is 59.4 Å². The zero-order valence-corrected chi connectivity index (χ0v) is 12.8. The van der Waals surface area contributed by atoms with Crippen molar-refractivity contribution in [2.24, 2.45) is 0 Å². The first-order valence-corrected chi connectivity index (χ1v) is 7.73. The Morgan fingerprint density at radius 1 is 1.36 bits per heavy atom. The summed E-state index contributed by atoms with van der Waals surface area (Å²) in [6.07, 6.45) is 9.61. The van der Waals surface area contributed by atoms with Gasteiger partial charge in [-0.15, -0.1) is 0 Å².